The molecular formula is C14H21N3O6S. The zero-order chi connectivity index (χ0) is 18.3. The summed E-state index contributed by atoms with van der Waals surface area (Å²) in [6.07, 6.45) is 0.265. The first-order valence-electron chi connectivity index (χ1n) is 7.63. The zero-order valence-corrected chi connectivity index (χ0v) is 14.7. The predicted molar refractivity (Wildman–Crippen MR) is 83.5 cm³/mol. The summed E-state index contributed by atoms with van der Waals surface area (Å²) in [5.74, 6) is -2.88. The molecule has 1 N–H and O–H groups in total. The van der Waals surface area contributed by atoms with Crippen molar-refractivity contribution in [2.24, 2.45) is 5.92 Å². The van der Waals surface area contributed by atoms with Gasteiger partial charge >= 0.3 is 17.8 Å². The van der Waals surface area contributed by atoms with Gasteiger partial charge in [0, 0.05) is 6.54 Å². The number of imide groups is 2. The molecule has 2 fully saturated rings. The summed E-state index contributed by atoms with van der Waals surface area (Å²) < 4.78 is 23.1. The molecule has 0 saturated carbocycles. The molecule has 0 aromatic rings. The number of carbonyl (C=O) groups excluding carboxylic acids is 4. The van der Waals surface area contributed by atoms with Crippen LogP contribution in [0.2, 0.25) is 0 Å². The molecule has 9 nitrogen and oxygen atoms in total. The molecule has 0 aliphatic carbocycles. The van der Waals surface area contributed by atoms with E-state index in [-0.39, 0.29) is 30.4 Å². The summed E-state index contributed by atoms with van der Waals surface area (Å²) >= 11 is 0. The average Bonchev–Trinajstić information content (AvgIpc) is 2.81. The van der Waals surface area contributed by atoms with Gasteiger partial charge in [-0.25, -0.2) is 18.1 Å². The number of hydrogen-bond donors (Lipinski definition) is 1. The van der Waals surface area contributed by atoms with Gasteiger partial charge in [0.05, 0.1) is 17.0 Å². The van der Waals surface area contributed by atoms with Crippen LogP contribution in [0.3, 0.4) is 0 Å². The monoisotopic (exact) mass is 359 g/mol. The Kier molecular flexibility index (Phi) is 4.71. The van der Waals surface area contributed by atoms with Crippen LogP contribution in [0.5, 0.6) is 0 Å². The third-order valence-corrected chi connectivity index (χ3v) is 5.83. The van der Waals surface area contributed by atoms with Crippen LogP contribution in [-0.2, 0) is 24.2 Å². The lowest BCUT2D eigenvalue weighted by atomic mass is 10.0. The number of hydrogen-bond acceptors (Lipinski definition) is 6. The van der Waals surface area contributed by atoms with E-state index in [2.05, 4.69) is 5.32 Å². The molecule has 10 heteroatoms. The Morgan fingerprint density at radius 2 is 1.79 bits per heavy atom. The van der Waals surface area contributed by atoms with E-state index in [4.69, 9.17) is 0 Å². The minimum absolute atomic E-state index is 0.0120. The Balaban J connectivity index is 2.03. The van der Waals surface area contributed by atoms with Gasteiger partial charge in [-0.05, 0) is 19.3 Å². The molecule has 134 valence electrons. The quantitative estimate of drug-likeness (QED) is 0.503. The maximum absolute atomic E-state index is 12.2. The molecule has 2 heterocycles. The van der Waals surface area contributed by atoms with Crippen LogP contribution in [0.25, 0.3) is 0 Å². The van der Waals surface area contributed by atoms with E-state index in [1.165, 1.54) is 0 Å². The van der Waals surface area contributed by atoms with E-state index < -0.39 is 45.7 Å². The Morgan fingerprint density at radius 1 is 1.21 bits per heavy atom. The molecule has 5 amide bonds. The normalized spacial score (nSPS) is 26.6. The minimum Gasteiger partial charge on any atom is -0.348 e. The van der Waals surface area contributed by atoms with Crippen LogP contribution in [0.15, 0.2) is 0 Å². The number of carbonyl (C=O) groups is 4. The van der Waals surface area contributed by atoms with Gasteiger partial charge in [-0.3, -0.25) is 19.3 Å². The lowest BCUT2D eigenvalue weighted by molar-refractivity contribution is -0.144. The first-order valence-corrected chi connectivity index (χ1v) is 9.45. The molecular weight excluding hydrogens is 338 g/mol. The molecule has 1 atom stereocenters. The Morgan fingerprint density at radius 3 is 2.29 bits per heavy atom. The molecule has 2 aliphatic rings. The largest absolute Gasteiger partial charge is 0.348 e. The molecule has 0 unspecified atom stereocenters. The summed E-state index contributed by atoms with van der Waals surface area (Å²) in [6.45, 7) is 4.67. The van der Waals surface area contributed by atoms with Crippen LogP contribution >= 0.6 is 0 Å². The summed E-state index contributed by atoms with van der Waals surface area (Å²) in [5.41, 5.74) is -0.927. The Hall–Kier alpha value is -1.97. The topological polar surface area (TPSA) is 121 Å². The van der Waals surface area contributed by atoms with E-state index >= 15 is 0 Å². The fraction of sp³-hybridized carbons (Fsp3) is 0.714. The first-order chi connectivity index (χ1) is 10.9. The van der Waals surface area contributed by atoms with Gasteiger partial charge in [0.2, 0.25) is 5.91 Å². The molecule has 0 bridgehead atoms. The van der Waals surface area contributed by atoms with Gasteiger partial charge in [0.15, 0.2) is 9.84 Å². The maximum Gasteiger partial charge on any atom is 0.334 e. The van der Waals surface area contributed by atoms with Crippen molar-refractivity contribution < 1.29 is 27.6 Å². The number of nitrogens with zero attached hydrogens (tertiary/aromatic N) is 2. The van der Waals surface area contributed by atoms with Crippen LogP contribution in [-0.4, -0.2) is 72.1 Å². The van der Waals surface area contributed by atoms with Crippen molar-refractivity contribution in [3.05, 3.63) is 0 Å². The van der Waals surface area contributed by atoms with Crippen LogP contribution < -0.4 is 5.32 Å². The van der Waals surface area contributed by atoms with Gasteiger partial charge in [0.25, 0.3) is 0 Å². The number of amides is 5. The molecule has 2 rings (SSSR count). The average molecular weight is 359 g/mol. The predicted octanol–water partition coefficient (Wildman–Crippen LogP) is -0.873. The minimum atomic E-state index is -3.20. The van der Waals surface area contributed by atoms with Gasteiger partial charge in [-0.2, -0.15) is 0 Å². The number of urea groups is 1. The molecule has 0 spiro atoms. The van der Waals surface area contributed by atoms with Crippen molar-refractivity contribution in [1.82, 2.24) is 15.1 Å². The molecule has 2 saturated heterocycles. The van der Waals surface area contributed by atoms with Crippen LogP contribution in [0.4, 0.5) is 4.79 Å². The van der Waals surface area contributed by atoms with Gasteiger partial charge in [-0.15, -0.1) is 0 Å². The standard InChI is InChI=1S/C14H21N3O6S/c1-9(2)6-16-11(19)12(20)17(13(16)21)7-10(18)15-14(3)4-5-24(22,23)8-14/h9H,4-8H2,1-3H3,(H,15,18)/t14-/m0/s1. The number of sulfone groups is 1. The van der Waals surface area contributed by atoms with Crippen molar-refractivity contribution in [2.45, 2.75) is 32.7 Å². The van der Waals surface area contributed by atoms with Crippen LogP contribution in [0.1, 0.15) is 27.2 Å². The highest BCUT2D eigenvalue weighted by molar-refractivity contribution is 7.91. The highest BCUT2D eigenvalue weighted by atomic mass is 32.2. The highest BCUT2D eigenvalue weighted by Crippen LogP contribution is 2.23. The van der Waals surface area contributed by atoms with Gasteiger partial charge in [-0.1, -0.05) is 13.8 Å². The fourth-order valence-electron chi connectivity index (χ4n) is 2.84. The van der Waals surface area contributed by atoms with E-state index in [9.17, 15) is 27.6 Å². The first kappa shape index (κ1) is 18.4. The van der Waals surface area contributed by atoms with E-state index in [0.717, 1.165) is 4.90 Å². The van der Waals surface area contributed by atoms with Crippen molar-refractivity contribution in [2.75, 3.05) is 24.6 Å². The molecule has 0 aromatic heterocycles. The van der Waals surface area contributed by atoms with Crippen molar-refractivity contribution >= 4 is 33.6 Å². The van der Waals surface area contributed by atoms with E-state index in [1.807, 2.05) is 0 Å². The lowest BCUT2D eigenvalue weighted by Crippen LogP contribution is -2.51. The Bertz CT molecular complexity index is 701. The summed E-state index contributed by atoms with van der Waals surface area (Å²) in [7, 11) is -3.20. The van der Waals surface area contributed by atoms with E-state index in [0.29, 0.717) is 4.90 Å². The highest BCUT2D eigenvalue weighted by Gasteiger charge is 2.46. The van der Waals surface area contributed by atoms with Gasteiger partial charge in [0.1, 0.15) is 6.54 Å². The van der Waals surface area contributed by atoms with Crippen LogP contribution in [0, 0.1) is 5.92 Å². The summed E-state index contributed by atoms with van der Waals surface area (Å²) in [5, 5.41) is 2.56. The molecule has 2 aliphatic heterocycles. The zero-order valence-electron chi connectivity index (χ0n) is 13.9. The second kappa shape index (κ2) is 6.15. The second-order valence-corrected chi connectivity index (χ2v) is 9.12. The lowest BCUT2D eigenvalue weighted by Gasteiger charge is -2.25. The van der Waals surface area contributed by atoms with Crippen molar-refractivity contribution in [1.29, 1.82) is 0 Å². The summed E-state index contributed by atoms with van der Waals surface area (Å²) in [4.78, 5) is 49.4. The van der Waals surface area contributed by atoms with Crippen molar-refractivity contribution in [3.8, 4) is 0 Å². The second-order valence-electron chi connectivity index (χ2n) is 6.93. The number of rotatable bonds is 5. The molecule has 0 aromatic carbocycles. The Labute approximate surface area is 140 Å². The van der Waals surface area contributed by atoms with E-state index in [1.54, 1.807) is 20.8 Å². The molecule has 24 heavy (non-hydrogen) atoms. The third kappa shape index (κ3) is 3.74. The summed E-state index contributed by atoms with van der Waals surface area (Å²) in [6, 6.07) is -0.821. The van der Waals surface area contributed by atoms with Gasteiger partial charge < -0.3 is 5.32 Å². The fourth-order valence-corrected chi connectivity index (χ4v) is 4.94. The number of nitrogens with one attached hydrogen (secondary N) is 1. The molecule has 0 radical (unpaired) electrons. The maximum atomic E-state index is 12.2. The smallest absolute Gasteiger partial charge is 0.334 e. The third-order valence-electron chi connectivity index (χ3n) is 3.93. The SMILES string of the molecule is CC(C)CN1C(=O)C(=O)N(CC(=O)N[C@@]2(C)CCS(=O)(=O)C2)C1=O. The van der Waals surface area contributed by atoms with Crippen molar-refractivity contribution in [3.63, 3.8) is 0 Å².